The largest absolute Gasteiger partial charge is 0.369 e. The first kappa shape index (κ1) is 21.4. The van der Waals surface area contributed by atoms with E-state index in [-0.39, 0.29) is 11.9 Å². The number of amides is 1. The summed E-state index contributed by atoms with van der Waals surface area (Å²) in [6.45, 7) is 12.8. The molecule has 0 aromatic heterocycles. The van der Waals surface area contributed by atoms with Crippen LogP contribution >= 0.6 is 0 Å². The van der Waals surface area contributed by atoms with E-state index in [0.29, 0.717) is 6.54 Å². The van der Waals surface area contributed by atoms with Crippen molar-refractivity contribution in [3.05, 3.63) is 64.7 Å². The smallest absolute Gasteiger partial charge is 0.234 e. The summed E-state index contributed by atoms with van der Waals surface area (Å²) in [7, 11) is 0. The molecule has 29 heavy (non-hydrogen) atoms. The van der Waals surface area contributed by atoms with Gasteiger partial charge >= 0.3 is 0 Å². The fraction of sp³-hybridized carbons (Fsp3) is 0.480. The minimum absolute atomic E-state index is 0.0365. The van der Waals surface area contributed by atoms with E-state index in [4.69, 9.17) is 0 Å². The van der Waals surface area contributed by atoms with Gasteiger partial charge in [0, 0.05) is 31.9 Å². The fourth-order valence-electron chi connectivity index (χ4n) is 4.06. The molecule has 1 amide bonds. The molecule has 4 nitrogen and oxygen atoms in total. The Balaban J connectivity index is 1.47. The molecule has 1 saturated heterocycles. The van der Waals surface area contributed by atoms with Crippen molar-refractivity contribution in [2.75, 3.05) is 37.6 Å². The van der Waals surface area contributed by atoms with Crippen molar-refractivity contribution >= 4 is 11.6 Å². The zero-order valence-corrected chi connectivity index (χ0v) is 18.4. The first-order valence-electron chi connectivity index (χ1n) is 10.9. The summed E-state index contributed by atoms with van der Waals surface area (Å²) in [5.41, 5.74) is 6.54. The molecule has 1 fully saturated rings. The van der Waals surface area contributed by atoms with Gasteiger partial charge in [-0.25, -0.2) is 0 Å². The molecule has 0 radical (unpaired) electrons. The third-order valence-corrected chi connectivity index (χ3v) is 6.05. The molecule has 1 aliphatic rings. The van der Waals surface area contributed by atoms with Gasteiger partial charge in [0.25, 0.3) is 0 Å². The van der Waals surface area contributed by atoms with Gasteiger partial charge < -0.3 is 10.2 Å². The number of carbonyl (C=O) groups is 1. The summed E-state index contributed by atoms with van der Waals surface area (Å²) in [6, 6.07) is 15.2. The van der Waals surface area contributed by atoms with Crippen LogP contribution in [0.15, 0.2) is 42.5 Å². The molecular formula is C25H35N3O. The van der Waals surface area contributed by atoms with E-state index in [2.05, 4.69) is 85.3 Å². The number of carbonyl (C=O) groups excluding carboxylic acids is 1. The average Bonchev–Trinajstić information content (AvgIpc) is 2.71. The van der Waals surface area contributed by atoms with Gasteiger partial charge in [-0.3, -0.25) is 9.69 Å². The number of piperazine rings is 1. The van der Waals surface area contributed by atoms with Crippen LogP contribution in [-0.4, -0.2) is 43.5 Å². The Bertz CT molecular complexity index is 807. The van der Waals surface area contributed by atoms with Crippen LogP contribution in [0.1, 0.15) is 48.6 Å². The summed E-state index contributed by atoms with van der Waals surface area (Å²) in [4.78, 5) is 17.2. The number of hydrogen-bond acceptors (Lipinski definition) is 3. The highest BCUT2D eigenvalue weighted by Gasteiger charge is 2.21. The van der Waals surface area contributed by atoms with Crippen molar-refractivity contribution in [1.29, 1.82) is 0 Å². The molecule has 0 saturated carbocycles. The minimum atomic E-state index is 0.0365. The SMILES string of the molecule is CCCc1ccc(C(C)NC(=O)CN2CCN(c3cccc(C)c3C)CC2)cc1. The van der Waals surface area contributed by atoms with Crippen molar-refractivity contribution in [3.63, 3.8) is 0 Å². The van der Waals surface area contributed by atoms with Crippen molar-refractivity contribution in [1.82, 2.24) is 10.2 Å². The van der Waals surface area contributed by atoms with Gasteiger partial charge in [0.1, 0.15) is 0 Å². The quantitative estimate of drug-likeness (QED) is 0.764. The lowest BCUT2D eigenvalue weighted by atomic mass is 10.0. The monoisotopic (exact) mass is 393 g/mol. The molecule has 2 aromatic carbocycles. The molecule has 1 N–H and O–H groups in total. The van der Waals surface area contributed by atoms with Crippen LogP contribution in [0.2, 0.25) is 0 Å². The number of rotatable bonds is 7. The van der Waals surface area contributed by atoms with Gasteiger partial charge in [-0.2, -0.15) is 0 Å². The van der Waals surface area contributed by atoms with E-state index < -0.39 is 0 Å². The summed E-state index contributed by atoms with van der Waals surface area (Å²) in [5, 5.41) is 3.16. The van der Waals surface area contributed by atoms with Crippen molar-refractivity contribution < 1.29 is 4.79 Å². The van der Waals surface area contributed by atoms with Gasteiger partial charge in [0.2, 0.25) is 5.91 Å². The maximum atomic E-state index is 12.5. The second-order valence-corrected chi connectivity index (χ2v) is 8.26. The summed E-state index contributed by atoms with van der Waals surface area (Å²) in [5.74, 6) is 0.107. The van der Waals surface area contributed by atoms with Gasteiger partial charge in [0.15, 0.2) is 0 Å². The van der Waals surface area contributed by atoms with E-state index in [1.165, 1.54) is 22.4 Å². The van der Waals surface area contributed by atoms with Crippen LogP contribution < -0.4 is 10.2 Å². The average molecular weight is 394 g/mol. The zero-order chi connectivity index (χ0) is 20.8. The van der Waals surface area contributed by atoms with Crippen molar-refractivity contribution in [3.8, 4) is 0 Å². The van der Waals surface area contributed by atoms with Crippen LogP contribution in [0.3, 0.4) is 0 Å². The van der Waals surface area contributed by atoms with E-state index in [0.717, 1.165) is 44.6 Å². The summed E-state index contributed by atoms with van der Waals surface area (Å²) >= 11 is 0. The topological polar surface area (TPSA) is 35.6 Å². The highest BCUT2D eigenvalue weighted by molar-refractivity contribution is 5.78. The Hall–Kier alpha value is -2.33. The second-order valence-electron chi connectivity index (χ2n) is 8.26. The fourth-order valence-corrected chi connectivity index (χ4v) is 4.06. The lowest BCUT2D eigenvalue weighted by Crippen LogP contribution is -2.49. The Morgan fingerprint density at radius 2 is 1.72 bits per heavy atom. The van der Waals surface area contributed by atoms with Crippen LogP contribution in [-0.2, 0) is 11.2 Å². The molecule has 4 heteroatoms. The number of benzene rings is 2. The standard InChI is InChI=1S/C25H35N3O/c1-5-7-22-10-12-23(13-11-22)21(4)26-25(29)18-27-14-16-28(17-15-27)24-9-6-8-19(2)20(24)3/h6,8-13,21H,5,7,14-18H2,1-4H3,(H,26,29). The van der Waals surface area contributed by atoms with Crippen LogP contribution in [0.25, 0.3) is 0 Å². The minimum Gasteiger partial charge on any atom is -0.369 e. The lowest BCUT2D eigenvalue weighted by molar-refractivity contribution is -0.123. The van der Waals surface area contributed by atoms with Crippen molar-refractivity contribution in [2.24, 2.45) is 0 Å². The van der Waals surface area contributed by atoms with E-state index in [9.17, 15) is 4.79 Å². The van der Waals surface area contributed by atoms with Gasteiger partial charge in [-0.1, -0.05) is 49.7 Å². The highest BCUT2D eigenvalue weighted by Crippen LogP contribution is 2.23. The zero-order valence-electron chi connectivity index (χ0n) is 18.4. The summed E-state index contributed by atoms with van der Waals surface area (Å²) < 4.78 is 0. The Kier molecular flexibility index (Phi) is 7.32. The predicted octanol–water partition coefficient (Wildman–Crippen LogP) is 4.26. The highest BCUT2D eigenvalue weighted by atomic mass is 16.2. The first-order valence-corrected chi connectivity index (χ1v) is 10.9. The molecule has 1 atom stereocenters. The molecule has 2 aromatic rings. The van der Waals surface area contributed by atoms with E-state index in [1.807, 2.05) is 0 Å². The number of nitrogens with one attached hydrogen (secondary N) is 1. The van der Waals surface area contributed by atoms with E-state index in [1.54, 1.807) is 0 Å². The Morgan fingerprint density at radius 1 is 1.03 bits per heavy atom. The maximum absolute atomic E-state index is 12.5. The first-order chi connectivity index (χ1) is 14.0. The predicted molar refractivity (Wildman–Crippen MR) is 122 cm³/mol. The number of hydrogen-bond donors (Lipinski definition) is 1. The molecule has 1 aliphatic heterocycles. The van der Waals surface area contributed by atoms with Crippen LogP contribution in [0.4, 0.5) is 5.69 Å². The van der Waals surface area contributed by atoms with Crippen LogP contribution in [0, 0.1) is 13.8 Å². The molecular weight excluding hydrogens is 358 g/mol. The van der Waals surface area contributed by atoms with Gasteiger partial charge in [-0.05, 0) is 55.5 Å². The molecule has 0 aliphatic carbocycles. The Morgan fingerprint density at radius 3 is 2.38 bits per heavy atom. The third kappa shape index (κ3) is 5.60. The lowest BCUT2D eigenvalue weighted by Gasteiger charge is -2.36. The molecule has 1 heterocycles. The normalized spacial score (nSPS) is 15.9. The third-order valence-electron chi connectivity index (χ3n) is 6.05. The molecule has 3 rings (SSSR count). The summed E-state index contributed by atoms with van der Waals surface area (Å²) in [6.07, 6.45) is 2.26. The number of aryl methyl sites for hydroxylation is 2. The molecule has 1 unspecified atom stereocenters. The molecule has 156 valence electrons. The molecule has 0 spiro atoms. The van der Waals surface area contributed by atoms with Gasteiger partial charge in [0.05, 0.1) is 12.6 Å². The molecule has 0 bridgehead atoms. The van der Waals surface area contributed by atoms with Crippen molar-refractivity contribution in [2.45, 2.75) is 46.6 Å². The van der Waals surface area contributed by atoms with Gasteiger partial charge in [-0.15, -0.1) is 0 Å². The van der Waals surface area contributed by atoms with E-state index >= 15 is 0 Å². The second kappa shape index (κ2) is 9.93. The maximum Gasteiger partial charge on any atom is 0.234 e. The Labute approximate surface area is 175 Å². The number of nitrogens with zero attached hydrogens (tertiary/aromatic N) is 2. The number of anilines is 1. The van der Waals surface area contributed by atoms with Crippen LogP contribution in [0.5, 0.6) is 0 Å².